The molecule has 3 heteroatoms. The van der Waals surface area contributed by atoms with Crippen LogP contribution in [-0.2, 0) is 0 Å². The van der Waals surface area contributed by atoms with Crippen molar-refractivity contribution in [1.29, 1.82) is 0 Å². The topological polar surface area (TPSA) is 37.4 Å². The van der Waals surface area contributed by atoms with E-state index >= 15 is 0 Å². The molecule has 0 radical (unpaired) electrons. The van der Waals surface area contributed by atoms with Crippen molar-refractivity contribution in [2.75, 3.05) is 13.1 Å². The lowest BCUT2D eigenvalue weighted by Crippen LogP contribution is -2.36. The number of carbonyl (C=O) groups is 2. The summed E-state index contributed by atoms with van der Waals surface area (Å²) in [4.78, 5) is 26.3. The molecule has 1 aliphatic heterocycles. The number of ketones is 1. The number of aryl methyl sites for hydroxylation is 1. The average molecular weight is 273 g/mol. The molecule has 0 aliphatic carbocycles. The van der Waals surface area contributed by atoms with Crippen LogP contribution >= 0.6 is 0 Å². The summed E-state index contributed by atoms with van der Waals surface area (Å²) in [7, 11) is 0. The van der Waals surface area contributed by atoms with Crippen LogP contribution in [-0.4, -0.2) is 29.7 Å². The van der Waals surface area contributed by atoms with Gasteiger partial charge in [-0.25, -0.2) is 0 Å². The third kappa shape index (κ3) is 3.27. The van der Waals surface area contributed by atoms with Gasteiger partial charge in [0.15, 0.2) is 5.78 Å². The van der Waals surface area contributed by atoms with E-state index in [1.807, 2.05) is 30.9 Å². The Morgan fingerprint density at radius 3 is 2.45 bits per heavy atom. The largest absolute Gasteiger partial charge is 0.339 e. The summed E-state index contributed by atoms with van der Waals surface area (Å²) in [6.45, 7) is 5.63. The second-order valence-corrected chi connectivity index (χ2v) is 5.56. The first-order chi connectivity index (χ1) is 9.63. The van der Waals surface area contributed by atoms with Crippen LogP contribution in [0.4, 0.5) is 0 Å². The number of amides is 1. The number of hydrogen-bond donors (Lipinski definition) is 0. The van der Waals surface area contributed by atoms with E-state index in [4.69, 9.17) is 0 Å². The van der Waals surface area contributed by atoms with Crippen molar-refractivity contribution in [1.82, 2.24) is 4.90 Å². The van der Waals surface area contributed by atoms with Gasteiger partial charge in [0.25, 0.3) is 5.91 Å². The van der Waals surface area contributed by atoms with Crippen molar-refractivity contribution >= 4 is 11.7 Å². The molecule has 1 fully saturated rings. The molecule has 0 aromatic heterocycles. The van der Waals surface area contributed by atoms with Gasteiger partial charge in [-0.2, -0.15) is 0 Å². The van der Waals surface area contributed by atoms with Gasteiger partial charge in [-0.15, -0.1) is 0 Å². The van der Waals surface area contributed by atoms with Gasteiger partial charge in [0, 0.05) is 30.6 Å². The molecule has 20 heavy (non-hydrogen) atoms. The van der Waals surface area contributed by atoms with Gasteiger partial charge in [-0.1, -0.05) is 13.0 Å². The highest BCUT2D eigenvalue weighted by atomic mass is 16.2. The fraction of sp³-hybridized carbons (Fsp3) is 0.529. The van der Waals surface area contributed by atoms with E-state index in [1.165, 1.54) is 6.42 Å². The number of benzene rings is 1. The maximum atomic E-state index is 12.5. The van der Waals surface area contributed by atoms with Gasteiger partial charge in [-0.05, 0) is 50.3 Å². The zero-order valence-electron chi connectivity index (χ0n) is 12.4. The van der Waals surface area contributed by atoms with E-state index in [0.717, 1.165) is 49.0 Å². The first-order valence-electron chi connectivity index (χ1n) is 7.56. The Morgan fingerprint density at radius 1 is 1.15 bits per heavy atom. The minimum atomic E-state index is 0.108. The molecule has 0 saturated carbocycles. The monoisotopic (exact) mass is 273 g/mol. The summed E-state index contributed by atoms with van der Waals surface area (Å²) in [5.41, 5.74) is 2.36. The fourth-order valence-electron chi connectivity index (χ4n) is 2.72. The number of Topliss-reactive ketones (excluding diaryl/α,β-unsaturated/α-hetero) is 1. The molecule has 108 valence electrons. The Balaban J connectivity index is 2.16. The average Bonchev–Trinajstić information content (AvgIpc) is 2.47. The number of carbonyl (C=O) groups excluding carboxylic acids is 2. The molecule has 1 saturated heterocycles. The Bertz CT molecular complexity index is 502. The molecule has 1 amide bonds. The summed E-state index contributed by atoms with van der Waals surface area (Å²) in [5.74, 6) is 0.268. The first-order valence-corrected chi connectivity index (χ1v) is 7.56. The van der Waals surface area contributed by atoms with Crippen LogP contribution in [0.3, 0.4) is 0 Å². The van der Waals surface area contributed by atoms with Crippen molar-refractivity contribution in [3.8, 4) is 0 Å². The summed E-state index contributed by atoms with van der Waals surface area (Å²) in [6, 6.07) is 5.46. The number of likely N-dealkylation sites (tertiary alicyclic amines) is 1. The molecule has 1 aliphatic rings. The highest BCUT2D eigenvalue weighted by Crippen LogP contribution is 2.18. The summed E-state index contributed by atoms with van der Waals surface area (Å²) < 4.78 is 0. The maximum absolute atomic E-state index is 12.5. The highest BCUT2D eigenvalue weighted by molar-refractivity contribution is 5.99. The van der Waals surface area contributed by atoms with Crippen LogP contribution in [0.25, 0.3) is 0 Å². The quantitative estimate of drug-likeness (QED) is 0.786. The Kier molecular flexibility index (Phi) is 4.94. The number of rotatable bonds is 4. The van der Waals surface area contributed by atoms with Gasteiger partial charge in [0.2, 0.25) is 0 Å². The third-order valence-corrected chi connectivity index (χ3v) is 3.90. The second-order valence-electron chi connectivity index (χ2n) is 5.56. The molecular formula is C17H23NO2. The Morgan fingerprint density at radius 2 is 1.85 bits per heavy atom. The van der Waals surface area contributed by atoms with E-state index in [9.17, 15) is 9.59 Å². The summed E-state index contributed by atoms with van der Waals surface area (Å²) >= 11 is 0. The second kappa shape index (κ2) is 6.69. The van der Waals surface area contributed by atoms with E-state index < -0.39 is 0 Å². The van der Waals surface area contributed by atoms with Gasteiger partial charge in [0.1, 0.15) is 0 Å². The van der Waals surface area contributed by atoms with Gasteiger partial charge >= 0.3 is 0 Å². The van der Waals surface area contributed by atoms with Gasteiger partial charge in [-0.3, -0.25) is 9.59 Å². The SMILES string of the molecule is CCCC(=O)c1ccc(C(=O)N2CCCCC2)c(C)c1. The lowest BCUT2D eigenvalue weighted by Gasteiger charge is -2.27. The first kappa shape index (κ1) is 14.8. The van der Waals surface area contributed by atoms with Gasteiger partial charge < -0.3 is 4.90 Å². The van der Waals surface area contributed by atoms with E-state index in [0.29, 0.717) is 6.42 Å². The van der Waals surface area contributed by atoms with Crippen molar-refractivity contribution in [2.45, 2.75) is 46.0 Å². The minimum Gasteiger partial charge on any atom is -0.339 e. The molecule has 1 heterocycles. The van der Waals surface area contributed by atoms with Crippen molar-refractivity contribution in [2.24, 2.45) is 0 Å². The van der Waals surface area contributed by atoms with Crippen LogP contribution in [0.1, 0.15) is 65.3 Å². The van der Waals surface area contributed by atoms with E-state index in [-0.39, 0.29) is 11.7 Å². The predicted molar refractivity (Wildman–Crippen MR) is 80.2 cm³/mol. The lowest BCUT2D eigenvalue weighted by atomic mass is 9.99. The van der Waals surface area contributed by atoms with E-state index in [1.54, 1.807) is 6.07 Å². The fourth-order valence-corrected chi connectivity index (χ4v) is 2.72. The van der Waals surface area contributed by atoms with Crippen LogP contribution in [0.2, 0.25) is 0 Å². The summed E-state index contributed by atoms with van der Waals surface area (Å²) in [5, 5.41) is 0. The molecule has 1 aromatic carbocycles. The van der Waals surface area contributed by atoms with Crippen LogP contribution in [0.15, 0.2) is 18.2 Å². The molecule has 3 nitrogen and oxygen atoms in total. The zero-order valence-corrected chi connectivity index (χ0v) is 12.4. The number of nitrogens with zero attached hydrogens (tertiary/aromatic N) is 1. The standard InChI is InChI=1S/C17H23NO2/c1-3-7-16(19)14-8-9-15(13(2)12-14)17(20)18-10-5-4-6-11-18/h8-9,12H,3-7,10-11H2,1-2H3. The van der Waals surface area contributed by atoms with Gasteiger partial charge in [0.05, 0.1) is 0 Å². The van der Waals surface area contributed by atoms with Crippen molar-refractivity contribution in [3.05, 3.63) is 34.9 Å². The predicted octanol–water partition coefficient (Wildman–Crippen LogP) is 3.60. The molecular weight excluding hydrogens is 250 g/mol. The Hall–Kier alpha value is -1.64. The third-order valence-electron chi connectivity index (χ3n) is 3.90. The minimum absolute atomic E-state index is 0.108. The molecule has 0 unspecified atom stereocenters. The van der Waals surface area contributed by atoms with E-state index in [2.05, 4.69) is 0 Å². The number of hydrogen-bond acceptors (Lipinski definition) is 2. The molecule has 0 bridgehead atoms. The zero-order chi connectivity index (χ0) is 14.5. The lowest BCUT2D eigenvalue weighted by molar-refractivity contribution is 0.0723. The molecule has 0 spiro atoms. The Labute approximate surface area is 121 Å². The maximum Gasteiger partial charge on any atom is 0.254 e. The smallest absolute Gasteiger partial charge is 0.254 e. The van der Waals surface area contributed by atoms with Crippen molar-refractivity contribution < 1.29 is 9.59 Å². The normalized spacial score (nSPS) is 15.2. The number of piperidine rings is 1. The molecule has 0 N–H and O–H groups in total. The molecule has 0 atom stereocenters. The summed E-state index contributed by atoms with van der Waals surface area (Å²) in [6.07, 6.45) is 4.83. The van der Waals surface area contributed by atoms with Crippen LogP contribution in [0, 0.1) is 6.92 Å². The molecule has 1 aromatic rings. The highest BCUT2D eigenvalue weighted by Gasteiger charge is 2.20. The molecule has 2 rings (SSSR count). The van der Waals surface area contributed by atoms with Crippen molar-refractivity contribution in [3.63, 3.8) is 0 Å². The van der Waals surface area contributed by atoms with Crippen LogP contribution < -0.4 is 0 Å². The van der Waals surface area contributed by atoms with Crippen LogP contribution in [0.5, 0.6) is 0 Å².